The van der Waals surface area contributed by atoms with E-state index in [2.05, 4.69) is 10.3 Å². The van der Waals surface area contributed by atoms with Crippen molar-refractivity contribution in [2.75, 3.05) is 16.8 Å². The Morgan fingerprint density at radius 1 is 1.55 bits per heavy atom. The van der Waals surface area contributed by atoms with Crippen molar-refractivity contribution in [1.29, 1.82) is 0 Å². The van der Waals surface area contributed by atoms with Gasteiger partial charge in [-0.25, -0.2) is 18.2 Å². The van der Waals surface area contributed by atoms with E-state index in [4.69, 9.17) is 5.11 Å². The van der Waals surface area contributed by atoms with Gasteiger partial charge in [-0.15, -0.1) is 0 Å². The van der Waals surface area contributed by atoms with Gasteiger partial charge < -0.3 is 10.4 Å². The number of anilines is 1. The number of hydrogen-bond donors (Lipinski definition) is 2. The minimum atomic E-state index is -3.12. The molecular weight excluding hydrogens is 290 g/mol. The number of nitrogens with zero attached hydrogens (tertiary/aromatic N) is 2. The van der Waals surface area contributed by atoms with Crippen LogP contribution in [0.25, 0.3) is 0 Å². The molecule has 1 saturated heterocycles. The molecule has 1 aromatic rings. The fraction of sp³-hybridized carbons (Fsp3) is 0.400. The molecule has 2 rings (SSSR count). The third-order valence-corrected chi connectivity index (χ3v) is 4.66. The van der Waals surface area contributed by atoms with Crippen LogP contribution in [0.15, 0.2) is 12.3 Å². The molecule has 108 valence electrons. The largest absolute Gasteiger partial charge is 0.478 e. The van der Waals surface area contributed by atoms with E-state index in [1.54, 1.807) is 0 Å². The van der Waals surface area contributed by atoms with Crippen LogP contribution in [-0.4, -0.2) is 46.9 Å². The lowest BCUT2D eigenvalue weighted by Gasteiger charge is -2.13. The number of rotatable bonds is 4. The number of nitrogens with one attached hydrogen (secondary N) is 1. The monoisotopic (exact) mass is 301 g/mol. The Balaban J connectivity index is 2.28. The van der Waals surface area contributed by atoms with Crippen LogP contribution in [0.2, 0.25) is 0 Å². The fourth-order valence-electron chi connectivity index (χ4n) is 1.93. The first kappa shape index (κ1) is 14.2. The van der Waals surface area contributed by atoms with Gasteiger partial charge in [0.1, 0.15) is 17.6 Å². The van der Waals surface area contributed by atoms with Crippen molar-refractivity contribution in [2.45, 2.75) is 12.5 Å². The zero-order valence-corrected chi connectivity index (χ0v) is 11.0. The second-order valence-corrected chi connectivity index (χ2v) is 6.62. The number of carboxylic acids is 1. The first-order chi connectivity index (χ1) is 9.28. The van der Waals surface area contributed by atoms with E-state index in [0.29, 0.717) is 6.42 Å². The number of carbonyl (C=O) groups is 1. The number of aromatic nitrogens is 1. The Hall–Kier alpha value is -2.23. The summed E-state index contributed by atoms with van der Waals surface area (Å²) in [6.45, 7) is 0. The Morgan fingerprint density at radius 2 is 2.25 bits per heavy atom. The van der Waals surface area contributed by atoms with Crippen molar-refractivity contribution in [3.05, 3.63) is 27.9 Å². The van der Waals surface area contributed by atoms with Gasteiger partial charge in [0.05, 0.1) is 16.4 Å². The van der Waals surface area contributed by atoms with Crippen LogP contribution >= 0.6 is 0 Å². The number of nitro groups is 1. The lowest BCUT2D eigenvalue weighted by atomic mass is 10.2. The van der Waals surface area contributed by atoms with Crippen molar-refractivity contribution < 1.29 is 23.2 Å². The van der Waals surface area contributed by atoms with Crippen molar-refractivity contribution >= 4 is 27.3 Å². The zero-order valence-electron chi connectivity index (χ0n) is 10.1. The highest BCUT2D eigenvalue weighted by molar-refractivity contribution is 7.91. The maximum absolute atomic E-state index is 11.3. The molecule has 1 aliphatic heterocycles. The molecule has 2 heterocycles. The van der Waals surface area contributed by atoms with Crippen molar-refractivity contribution in [1.82, 2.24) is 4.98 Å². The molecule has 1 fully saturated rings. The van der Waals surface area contributed by atoms with Gasteiger partial charge in [-0.05, 0) is 6.42 Å². The van der Waals surface area contributed by atoms with Crippen LogP contribution in [0.4, 0.5) is 11.5 Å². The van der Waals surface area contributed by atoms with Crippen LogP contribution < -0.4 is 5.32 Å². The summed E-state index contributed by atoms with van der Waals surface area (Å²) in [4.78, 5) is 24.6. The van der Waals surface area contributed by atoms with Gasteiger partial charge in [0, 0.05) is 12.1 Å². The number of sulfone groups is 1. The van der Waals surface area contributed by atoms with Crippen LogP contribution in [0.3, 0.4) is 0 Å². The molecule has 0 bridgehead atoms. The maximum Gasteiger partial charge on any atom is 0.339 e. The van der Waals surface area contributed by atoms with Gasteiger partial charge in [-0.2, -0.15) is 0 Å². The predicted molar refractivity (Wildman–Crippen MR) is 68.5 cm³/mol. The summed E-state index contributed by atoms with van der Waals surface area (Å²) in [6, 6.07) is 0.452. The van der Waals surface area contributed by atoms with Crippen LogP contribution in [0.1, 0.15) is 16.8 Å². The Kier molecular flexibility index (Phi) is 3.57. The Labute approximate surface area is 113 Å². The van der Waals surface area contributed by atoms with Gasteiger partial charge in [0.25, 0.3) is 5.69 Å². The summed E-state index contributed by atoms with van der Waals surface area (Å²) >= 11 is 0. The molecule has 0 saturated carbocycles. The fourth-order valence-corrected chi connectivity index (χ4v) is 3.61. The molecule has 0 aliphatic carbocycles. The molecule has 10 heteroatoms. The summed E-state index contributed by atoms with van der Waals surface area (Å²) in [5.74, 6) is -1.51. The van der Waals surface area contributed by atoms with Gasteiger partial charge in [-0.3, -0.25) is 10.1 Å². The van der Waals surface area contributed by atoms with E-state index in [1.165, 1.54) is 0 Å². The lowest BCUT2D eigenvalue weighted by molar-refractivity contribution is -0.385. The third kappa shape index (κ3) is 3.02. The predicted octanol–water partition coefficient (Wildman–Crippen LogP) is 0.287. The normalized spacial score (nSPS) is 20.5. The van der Waals surface area contributed by atoms with E-state index in [0.717, 1.165) is 12.3 Å². The Bertz CT molecular complexity index is 672. The summed E-state index contributed by atoms with van der Waals surface area (Å²) in [7, 11) is -3.12. The SMILES string of the molecule is O=C(O)c1cc([N+](=O)[O-])cnc1NC1CCS(=O)(=O)C1. The van der Waals surface area contributed by atoms with E-state index >= 15 is 0 Å². The molecule has 1 aliphatic rings. The van der Waals surface area contributed by atoms with Gasteiger partial charge in [0.2, 0.25) is 0 Å². The van der Waals surface area contributed by atoms with Crippen LogP contribution in [0, 0.1) is 10.1 Å². The Morgan fingerprint density at radius 3 is 2.75 bits per heavy atom. The number of aromatic carboxylic acids is 1. The van der Waals surface area contributed by atoms with Crippen molar-refractivity contribution in [2.24, 2.45) is 0 Å². The van der Waals surface area contributed by atoms with Crippen LogP contribution in [0.5, 0.6) is 0 Å². The van der Waals surface area contributed by atoms with E-state index < -0.39 is 32.5 Å². The molecular formula is C10H11N3O6S. The average Bonchev–Trinajstić information content (AvgIpc) is 2.68. The highest BCUT2D eigenvalue weighted by Crippen LogP contribution is 2.22. The highest BCUT2D eigenvalue weighted by atomic mass is 32.2. The minimum Gasteiger partial charge on any atom is -0.478 e. The quantitative estimate of drug-likeness (QED) is 0.597. The maximum atomic E-state index is 11.3. The zero-order chi connectivity index (χ0) is 14.9. The molecule has 1 aromatic heterocycles. The number of hydrogen-bond acceptors (Lipinski definition) is 7. The molecule has 0 aromatic carbocycles. The van der Waals surface area contributed by atoms with Crippen molar-refractivity contribution in [3.63, 3.8) is 0 Å². The lowest BCUT2D eigenvalue weighted by Crippen LogP contribution is -2.23. The van der Waals surface area contributed by atoms with Gasteiger partial charge in [0.15, 0.2) is 9.84 Å². The summed E-state index contributed by atoms with van der Waals surface area (Å²) in [5.41, 5.74) is -0.796. The first-order valence-corrected chi connectivity index (χ1v) is 7.45. The molecule has 0 amide bonds. The summed E-state index contributed by atoms with van der Waals surface area (Å²) < 4.78 is 22.7. The van der Waals surface area contributed by atoms with E-state index in [1.807, 2.05) is 0 Å². The molecule has 1 unspecified atom stereocenters. The van der Waals surface area contributed by atoms with Gasteiger partial charge in [-0.1, -0.05) is 0 Å². The average molecular weight is 301 g/mol. The summed E-state index contributed by atoms with van der Waals surface area (Å²) in [6.07, 6.45) is 1.28. The number of pyridine rings is 1. The van der Waals surface area contributed by atoms with Gasteiger partial charge >= 0.3 is 5.97 Å². The van der Waals surface area contributed by atoms with E-state index in [9.17, 15) is 23.3 Å². The molecule has 1 atom stereocenters. The second kappa shape index (κ2) is 5.04. The topological polar surface area (TPSA) is 140 Å². The summed E-state index contributed by atoms with van der Waals surface area (Å²) in [5, 5.41) is 22.3. The molecule has 0 spiro atoms. The standard InChI is InChI=1S/C10H11N3O6S/c14-10(15)8-3-7(13(16)17)4-11-9(8)12-6-1-2-20(18,19)5-6/h3-4,6H,1-2,5H2,(H,11,12)(H,14,15). The molecule has 20 heavy (non-hydrogen) atoms. The second-order valence-electron chi connectivity index (χ2n) is 4.40. The smallest absolute Gasteiger partial charge is 0.339 e. The molecule has 2 N–H and O–H groups in total. The minimum absolute atomic E-state index is 0.0278. The highest BCUT2D eigenvalue weighted by Gasteiger charge is 2.29. The molecule has 9 nitrogen and oxygen atoms in total. The number of carboxylic acid groups (broad SMARTS) is 1. The molecule has 0 radical (unpaired) electrons. The third-order valence-electron chi connectivity index (χ3n) is 2.89. The van der Waals surface area contributed by atoms with E-state index in [-0.39, 0.29) is 22.9 Å². The van der Waals surface area contributed by atoms with Crippen molar-refractivity contribution in [3.8, 4) is 0 Å². The van der Waals surface area contributed by atoms with Crippen LogP contribution in [-0.2, 0) is 9.84 Å². The first-order valence-electron chi connectivity index (χ1n) is 5.63.